The van der Waals surface area contributed by atoms with Crippen LogP contribution in [0, 0.1) is 11.7 Å². The third kappa shape index (κ3) is 3.60. The minimum atomic E-state index is -0.354. The van der Waals surface area contributed by atoms with Crippen LogP contribution in [0.5, 0.6) is 0 Å². The quantitative estimate of drug-likeness (QED) is 0.764. The van der Waals surface area contributed by atoms with E-state index in [1.165, 1.54) is 23.5 Å². The van der Waals surface area contributed by atoms with E-state index in [-0.39, 0.29) is 17.6 Å². The molecule has 26 heavy (non-hydrogen) atoms. The van der Waals surface area contributed by atoms with Crippen LogP contribution >= 0.6 is 11.3 Å². The Morgan fingerprint density at radius 2 is 1.85 bits per heavy atom. The molecule has 4 rings (SSSR count). The Balaban J connectivity index is 1.34. The topological polar surface area (TPSA) is 63.1 Å². The van der Waals surface area contributed by atoms with Gasteiger partial charge in [0.25, 0.3) is 0 Å². The molecule has 0 saturated carbocycles. The number of nitrogens with one attached hydrogen (secondary N) is 1. The number of piperidine rings is 1. The summed E-state index contributed by atoms with van der Waals surface area (Å²) in [6.45, 7) is 1.50. The molecule has 1 aliphatic rings. The molecule has 0 atom stereocenters. The minimum absolute atomic E-state index is 0.0551. The molecule has 0 aliphatic carbocycles. The van der Waals surface area contributed by atoms with Crippen LogP contribution < -0.4 is 10.2 Å². The highest BCUT2D eigenvalue weighted by atomic mass is 32.1. The van der Waals surface area contributed by atoms with Crippen molar-refractivity contribution in [3.05, 3.63) is 54.6 Å². The Hall–Kier alpha value is -2.74. The van der Waals surface area contributed by atoms with Crippen molar-refractivity contribution in [2.24, 2.45) is 5.92 Å². The molecule has 2 aromatic heterocycles. The maximum absolute atomic E-state index is 13.2. The first kappa shape index (κ1) is 16.7. The first-order chi connectivity index (χ1) is 12.7. The van der Waals surface area contributed by atoms with Gasteiger partial charge >= 0.3 is 0 Å². The molecule has 3 heterocycles. The van der Waals surface area contributed by atoms with Crippen molar-refractivity contribution in [2.75, 3.05) is 23.3 Å². The number of hydrogen-bond acceptors (Lipinski definition) is 5. The number of carbonyl (C=O) groups excluding carboxylic acids is 1. The summed E-state index contributed by atoms with van der Waals surface area (Å²) < 4.78 is 15.2. The number of rotatable bonds is 4. The number of carbonyl (C=O) groups is 1. The third-order valence-electron chi connectivity index (χ3n) is 4.46. The lowest BCUT2D eigenvalue weighted by Crippen LogP contribution is -2.38. The first-order valence-corrected chi connectivity index (χ1v) is 9.29. The lowest BCUT2D eigenvalue weighted by atomic mass is 9.96. The summed E-state index contributed by atoms with van der Waals surface area (Å²) >= 11 is 1.54. The highest BCUT2D eigenvalue weighted by Crippen LogP contribution is 2.28. The van der Waals surface area contributed by atoms with Crippen molar-refractivity contribution in [1.82, 2.24) is 14.8 Å². The molecular formula is C18H18FN5OS. The standard InChI is InChI=1S/C18H18FN5OS/c19-14-4-3-5-15(12-14)20-16(25)13-6-10-24(11-7-13)18-22-21-17(26-18)23-8-1-2-9-23/h1-5,8-9,12-13H,6-7,10-11H2,(H,20,25). The van der Waals surface area contributed by atoms with E-state index in [0.717, 1.165) is 36.2 Å². The van der Waals surface area contributed by atoms with E-state index < -0.39 is 0 Å². The predicted octanol–water partition coefficient (Wildman–Crippen LogP) is 3.32. The molecule has 8 heteroatoms. The maximum Gasteiger partial charge on any atom is 0.227 e. The zero-order valence-electron chi connectivity index (χ0n) is 14.0. The number of halogens is 1. The molecule has 0 spiro atoms. The van der Waals surface area contributed by atoms with Gasteiger partial charge in [-0.3, -0.25) is 9.36 Å². The van der Waals surface area contributed by atoms with Crippen LogP contribution in [0.25, 0.3) is 5.13 Å². The SMILES string of the molecule is O=C(Nc1cccc(F)c1)C1CCN(c2nnc(-n3cccc3)s2)CC1. The van der Waals surface area contributed by atoms with E-state index >= 15 is 0 Å². The molecule has 6 nitrogen and oxygen atoms in total. The van der Waals surface area contributed by atoms with E-state index in [1.807, 2.05) is 29.1 Å². The van der Waals surface area contributed by atoms with Gasteiger partial charge in [0.05, 0.1) is 0 Å². The largest absolute Gasteiger partial charge is 0.347 e. The van der Waals surface area contributed by atoms with Crippen molar-refractivity contribution in [1.29, 1.82) is 0 Å². The molecule has 1 amide bonds. The Labute approximate surface area is 154 Å². The molecule has 134 valence electrons. The smallest absolute Gasteiger partial charge is 0.227 e. The zero-order chi connectivity index (χ0) is 17.9. The van der Waals surface area contributed by atoms with Crippen LogP contribution in [0.1, 0.15) is 12.8 Å². The summed E-state index contributed by atoms with van der Waals surface area (Å²) in [4.78, 5) is 14.6. The summed E-state index contributed by atoms with van der Waals surface area (Å²) in [6, 6.07) is 9.87. The molecule has 1 fully saturated rings. The van der Waals surface area contributed by atoms with Gasteiger partial charge in [0, 0.05) is 37.1 Å². The van der Waals surface area contributed by atoms with Crippen molar-refractivity contribution in [3.63, 3.8) is 0 Å². The summed E-state index contributed by atoms with van der Waals surface area (Å²) in [5.74, 6) is -0.487. The molecule has 0 radical (unpaired) electrons. The van der Waals surface area contributed by atoms with Crippen LogP contribution in [0.4, 0.5) is 15.2 Å². The minimum Gasteiger partial charge on any atom is -0.347 e. The van der Waals surface area contributed by atoms with Crippen molar-refractivity contribution in [3.8, 4) is 5.13 Å². The summed E-state index contributed by atoms with van der Waals surface area (Å²) in [5, 5.41) is 13.0. The summed E-state index contributed by atoms with van der Waals surface area (Å²) in [6.07, 6.45) is 5.35. The van der Waals surface area contributed by atoms with E-state index in [1.54, 1.807) is 12.1 Å². The Bertz CT molecular complexity index is 887. The molecule has 0 bridgehead atoms. The molecule has 1 aromatic carbocycles. The fourth-order valence-electron chi connectivity index (χ4n) is 3.05. The Morgan fingerprint density at radius 1 is 1.12 bits per heavy atom. The second kappa shape index (κ2) is 7.25. The van der Waals surface area contributed by atoms with Crippen molar-refractivity contribution in [2.45, 2.75) is 12.8 Å². The predicted molar refractivity (Wildman–Crippen MR) is 99.2 cm³/mol. The second-order valence-corrected chi connectivity index (χ2v) is 7.15. The number of aromatic nitrogens is 3. The van der Waals surface area contributed by atoms with Gasteiger partial charge in [-0.25, -0.2) is 4.39 Å². The first-order valence-electron chi connectivity index (χ1n) is 8.47. The fourth-order valence-corrected chi connectivity index (χ4v) is 3.91. The van der Waals surface area contributed by atoms with Gasteiger partial charge in [-0.1, -0.05) is 17.4 Å². The normalized spacial score (nSPS) is 15.2. The van der Waals surface area contributed by atoms with Gasteiger partial charge in [0.15, 0.2) is 0 Å². The third-order valence-corrected chi connectivity index (χ3v) is 5.45. The lowest BCUT2D eigenvalue weighted by Gasteiger charge is -2.30. The number of hydrogen-bond donors (Lipinski definition) is 1. The fraction of sp³-hybridized carbons (Fsp3) is 0.278. The average Bonchev–Trinajstić information content (AvgIpc) is 3.33. The molecule has 3 aromatic rings. The second-order valence-electron chi connectivity index (χ2n) is 6.22. The monoisotopic (exact) mass is 371 g/mol. The Kier molecular flexibility index (Phi) is 4.66. The molecule has 0 unspecified atom stereocenters. The van der Waals surface area contributed by atoms with Gasteiger partial charge in [0.2, 0.25) is 16.2 Å². The molecule has 1 N–H and O–H groups in total. The van der Waals surface area contributed by atoms with Gasteiger partial charge in [-0.05, 0) is 43.2 Å². The molecule has 1 aliphatic heterocycles. The van der Waals surface area contributed by atoms with E-state index in [0.29, 0.717) is 5.69 Å². The number of anilines is 2. The van der Waals surface area contributed by atoms with Crippen LogP contribution in [0.3, 0.4) is 0 Å². The van der Waals surface area contributed by atoms with Crippen LogP contribution in [-0.2, 0) is 4.79 Å². The highest BCUT2D eigenvalue weighted by molar-refractivity contribution is 7.17. The van der Waals surface area contributed by atoms with E-state index in [2.05, 4.69) is 20.4 Å². The van der Waals surface area contributed by atoms with Gasteiger partial charge in [-0.2, -0.15) is 0 Å². The number of amides is 1. The molecular weight excluding hydrogens is 353 g/mol. The zero-order valence-corrected chi connectivity index (χ0v) is 14.8. The molecule has 1 saturated heterocycles. The van der Waals surface area contributed by atoms with Crippen LogP contribution in [0.2, 0.25) is 0 Å². The average molecular weight is 371 g/mol. The van der Waals surface area contributed by atoms with Crippen LogP contribution in [-0.4, -0.2) is 33.8 Å². The van der Waals surface area contributed by atoms with E-state index in [9.17, 15) is 9.18 Å². The summed E-state index contributed by atoms with van der Waals surface area (Å²) in [5.41, 5.74) is 0.498. The number of benzene rings is 1. The van der Waals surface area contributed by atoms with Crippen LogP contribution in [0.15, 0.2) is 48.8 Å². The van der Waals surface area contributed by atoms with Gasteiger partial charge in [-0.15, -0.1) is 10.2 Å². The van der Waals surface area contributed by atoms with Gasteiger partial charge < -0.3 is 10.2 Å². The van der Waals surface area contributed by atoms with Gasteiger partial charge in [0.1, 0.15) is 5.82 Å². The Morgan fingerprint density at radius 3 is 2.58 bits per heavy atom. The maximum atomic E-state index is 13.2. The lowest BCUT2D eigenvalue weighted by molar-refractivity contribution is -0.120. The number of nitrogens with zero attached hydrogens (tertiary/aromatic N) is 4. The van der Waals surface area contributed by atoms with E-state index in [4.69, 9.17) is 0 Å². The van der Waals surface area contributed by atoms with Crippen molar-refractivity contribution < 1.29 is 9.18 Å². The summed E-state index contributed by atoms with van der Waals surface area (Å²) in [7, 11) is 0. The highest BCUT2D eigenvalue weighted by Gasteiger charge is 2.26. The van der Waals surface area contributed by atoms with Crippen molar-refractivity contribution >= 4 is 28.1 Å².